The minimum atomic E-state index is -0.825. The van der Waals surface area contributed by atoms with Gasteiger partial charge in [-0.2, -0.15) is 0 Å². The third-order valence-corrected chi connectivity index (χ3v) is 6.82. The van der Waals surface area contributed by atoms with Gasteiger partial charge >= 0.3 is 6.09 Å². The molecule has 6 heteroatoms. The van der Waals surface area contributed by atoms with Gasteiger partial charge in [-0.05, 0) is 64.2 Å². The van der Waals surface area contributed by atoms with E-state index >= 15 is 0 Å². The largest absolute Gasteiger partial charge is 0.465 e. The Morgan fingerprint density at radius 2 is 1.89 bits per heavy atom. The van der Waals surface area contributed by atoms with Crippen LogP contribution in [0.15, 0.2) is 12.4 Å². The molecule has 28 heavy (non-hydrogen) atoms. The summed E-state index contributed by atoms with van der Waals surface area (Å²) in [7, 11) is 0. The predicted molar refractivity (Wildman–Crippen MR) is 109 cm³/mol. The number of rotatable bonds is 9. The molecule has 1 heterocycles. The van der Waals surface area contributed by atoms with Gasteiger partial charge in [-0.25, -0.2) is 9.78 Å². The Bertz CT molecular complexity index is 684. The number of hydrogen-bond donors (Lipinski definition) is 2. The third-order valence-electron chi connectivity index (χ3n) is 6.82. The Morgan fingerprint density at radius 1 is 1.25 bits per heavy atom. The molecule has 3 fully saturated rings. The molecule has 158 valence electrons. The molecular formula is C22H37N3O3. The highest BCUT2D eigenvalue weighted by Gasteiger charge is 2.68. The van der Waals surface area contributed by atoms with Gasteiger partial charge in [-0.1, -0.05) is 26.7 Å². The molecule has 2 bridgehead atoms. The van der Waals surface area contributed by atoms with Crippen LogP contribution in [0.25, 0.3) is 0 Å². The molecule has 3 aliphatic carbocycles. The Morgan fingerprint density at radius 3 is 2.43 bits per heavy atom. The second-order valence-electron chi connectivity index (χ2n) is 10.5. The van der Waals surface area contributed by atoms with Crippen LogP contribution in [0, 0.1) is 11.3 Å². The molecule has 1 aromatic heterocycles. The molecule has 0 aliphatic heterocycles. The SMILES string of the molecule is CC(C)C(O)c1nccn1C12CC(CCCCCN(C(=O)O)C(C)(C)C)(C1)C2. The zero-order valence-corrected chi connectivity index (χ0v) is 18.1. The van der Waals surface area contributed by atoms with Gasteiger partial charge in [0.25, 0.3) is 0 Å². The molecule has 6 nitrogen and oxygen atoms in total. The van der Waals surface area contributed by atoms with Gasteiger partial charge < -0.3 is 19.7 Å². The van der Waals surface area contributed by atoms with E-state index in [1.807, 2.05) is 47.0 Å². The van der Waals surface area contributed by atoms with Gasteiger partial charge in [0.05, 0.1) is 0 Å². The lowest BCUT2D eigenvalue weighted by Gasteiger charge is -2.71. The molecule has 0 spiro atoms. The maximum absolute atomic E-state index is 11.4. The molecule has 0 radical (unpaired) electrons. The Kier molecular flexibility index (Phi) is 5.56. The van der Waals surface area contributed by atoms with Crippen molar-refractivity contribution in [3.63, 3.8) is 0 Å². The number of amides is 1. The number of unbranched alkanes of at least 4 members (excludes halogenated alkanes) is 2. The smallest absolute Gasteiger partial charge is 0.407 e. The van der Waals surface area contributed by atoms with Gasteiger partial charge in [0, 0.05) is 30.0 Å². The molecule has 1 unspecified atom stereocenters. The van der Waals surface area contributed by atoms with Crippen molar-refractivity contribution >= 4 is 6.09 Å². The summed E-state index contributed by atoms with van der Waals surface area (Å²) in [4.78, 5) is 17.4. The zero-order chi connectivity index (χ0) is 20.7. The zero-order valence-electron chi connectivity index (χ0n) is 18.1. The molecule has 1 aromatic rings. The summed E-state index contributed by atoms with van der Waals surface area (Å²) in [6.07, 6.45) is 10.5. The van der Waals surface area contributed by atoms with Crippen LogP contribution in [0.1, 0.15) is 91.5 Å². The minimum absolute atomic E-state index is 0.168. The Hall–Kier alpha value is -1.56. The van der Waals surface area contributed by atoms with Crippen molar-refractivity contribution in [3.05, 3.63) is 18.2 Å². The van der Waals surface area contributed by atoms with E-state index in [-0.39, 0.29) is 17.0 Å². The number of aliphatic hydroxyl groups is 1. The van der Waals surface area contributed by atoms with Gasteiger partial charge in [0.2, 0.25) is 0 Å². The molecular weight excluding hydrogens is 354 g/mol. The molecule has 1 amide bonds. The number of carbonyl (C=O) groups is 1. The van der Waals surface area contributed by atoms with Crippen molar-refractivity contribution in [1.82, 2.24) is 14.5 Å². The maximum atomic E-state index is 11.4. The first-order valence-electron chi connectivity index (χ1n) is 10.7. The van der Waals surface area contributed by atoms with E-state index in [4.69, 9.17) is 0 Å². The van der Waals surface area contributed by atoms with Crippen LogP contribution in [-0.4, -0.2) is 42.8 Å². The van der Waals surface area contributed by atoms with Crippen molar-refractivity contribution < 1.29 is 15.0 Å². The molecule has 2 N–H and O–H groups in total. The van der Waals surface area contributed by atoms with Crippen molar-refractivity contribution in [1.29, 1.82) is 0 Å². The lowest BCUT2D eigenvalue weighted by molar-refractivity contribution is -0.195. The first-order chi connectivity index (χ1) is 13.0. The molecule has 1 atom stereocenters. The topological polar surface area (TPSA) is 78.6 Å². The van der Waals surface area contributed by atoms with Gasteiger partial charge in [0.1, 0.15) is 11.9 Å². The highest BCUT2D eigenvalue weighted by atomic mass is 16.4. The average molecular weight is 392 g/mol. The van der Waals surface area contributed by atoms with Crippen molar-refractivity contribution in [2.45, 2.75) is 96.7 Å². The first-order valence-corrected chi connectivity index (χ1v) is 10.7. The lowest BCUT2D eigenvalue weighted by Crippen LogP contribution is -2.67. The predicted octanol–water partition coefficient (Wildman–Crippen LogP) is 4.79. The lowest BCUT2D eigenvalue weighted by atomic mass is 9.38. The fourth-order valence-electron chi connectivity index (χ4n) is 5.36. The summed E-state index contributed by atoms with van der Waals surface area (Å²) in [6, 6.07) is 0. The van der Waals surface area contributed by atoms with E-state index < -0.39 is 12.2 Å². The highest BCUT2D eigenvalue weighted by Crippen LogP contribution is 2.73. The summed E-state index contributed by atoms with van der Waals surface area (Å²) in [6.45, 7) is 10.5. The fourth-order valence-corrected chi connectivity index (χ4v) is 5.36. The van der Waals surface area contributed by atoms with E-state index in [1.54, 1.807) is 4.90 Å². The molecule has 0 aromatic carbocycles. The first kappa shape index (κ1) is 21.2. The number of nitrogens with zero attached hydrogens (tertiary/aromatic N) is 3. The minimum Gasteiger partial charge on any atom is -0.465 e. The molecule has 3 saturated carbocycles. The van der Waals surface area contributed by atoms with E-state index in [2.05, 4.69) is 9.55 Å². The van der Waals surface area contributed by atoms with Crippen molar-refractivity contribution in [2.75, 3.05) is 6.54 Å². The van der Waals surface area contributed by atoms with E-state index in [1.165, 1.54) is 32.1 Å². The standard InChI is InChI=1S/C22H37N3O3/c1-16(2)17(26)18-23-10-12-24(18)22-13-21(14-22,15-22)9-7-6-8-11-25(19(27)28)20(3,4)5/h10,12,16-17,26H,6-9,11,13-15H2,1-5H3,(H,27,28). The van der Waals surface area contributed by atoms with Crippen LogP contribution in [0.3, 0.4) is 0 Å². The highest BCUT2D eigenvalue weighted by molar-refractivity contribution is 5.65. The van der Waals surface area contributed by atoms with E-state index in [0.29, 0.717) is 12.0 Å². The van der Waals surface area contributed by atoms with Crippen molar-refractivity contribution in [3.8, 4) is 0 Å². The third kappa shape index (κ3) is 3.80. The Labute approximate surface area is 169 Å². The summed E-state index contributed by atoms with van der Waals surface area (Å²) in [5.74, 6) is 0.986. The molecule has 3 aliphatic rings. The summed E-state index contributed by atoms with van der Waals surface area (Å²) in [5, 5.41) is 19.8. The van der Waals surface area contributed by atoms with Crippen LogP contribution >= 0.6 is 0 Å². The van der Waals surface area contributed by atoms with E-state index in [0.717, 1.165) is 18.7 Å². The van der Waals surface area contributed by atoms with Gasteiger partial charge in [-0.3, -0.25) is 0 Å². The maximum Gasteiger partial charge on any atom is 0.407 e. The van der Waals surface area contributed by atoms with Crippen LogP contribution in [0.4, 0.5) is 4.79 Å². The summed E-state index contributed by atoms with van der Waals surface area (Å²) < 4.78 is 2.24. The quantitative estimate of drug-likeness (QED) is 0.593. The summed E-state index contributed by atoms with van der Waals surface area (Å²) >= 11 is 0. The van der Waals surface area contributed by atoms with Crippen LogP contribution < -0.4 is 0 Å². The average Bonchev–Trinajstić information content (AvgIpc) is 2.97. The number of carboxylic acid groups (broad SMARTS) is 1. The Balaban J connectivity index is 1.43. The normalized spacial score (nSPS) is 27.2. The monoisotopic (exact) mass is 391 g/mol. The van der Waals surface area contributed by atoms with Gasteiger partial charge in [0.15, 0.2) is 0 Å². The van der Waals surface area contributed by atoms with Crippen LogP contribution in [-0.2, 0) is 5.54 Å². The number of imidazole rings is 1. The van der Waals surface area contributed by atoms with Crippen LogP contribution in [0.5, 0.6) is 0 Å². The number of aromatic nitrogens is 2. The second kappa shape index (κ2) is 7.36. The second-order valence-corrected chi connectivity index (χ2v) is 10.5. The fraction of sp³-hybridized carbons (Fsp3) is 0.818. The summed E-state index contributed by atoms with van der Waals surface area (Å²) in [5.41, 5.74) is 0.323. The van der Waals surface area contributed by atoms with Crippen molar-refractivity contribution in [2.24, 2.45) is 11.3 Å². The van der Waals surface area contributed by atoms with Crippen LogP contribution in [0.2, 0.25) is 0 Å². The molecule has 0 saturated heterocycles. The van der Waals surface area contributed by atoms with Gasteiger partial charge in [-0.15, -0.1) is 0 Å². The van der Waals surface area contributed by atoms with E-state index in [9.17, 15) is 15.0 Å². The number of aliphatic hydroxyl groups excluding tert-OH is 1. The number of hydrogen-bond acceptors (Lipinski definition) is 3. The molecule has 4 rings (SSSR count).